The van der Waals surface area contributed by atoms with Crippen LogP contribution in [-0.4, -0.2) is 48.0 Å². The molecule has 7 heteroatoms. The molecular formula is C13H23N3O4. The molecule has 1 heterocycles. The Labute approximate surface area is 118 Å². The van der Waals surface area contributed by atoms with Gasteiger partial charge in [-0.1, -0.05) is 13.8 Å². The highest BCUT2D eigenvalue weighted by molar-refractivity contribution is 5.92. The van der Waals surface area contributed by atoms with Crippen LogP contribution < -0.4 is 10.8 Å². The number of rotatable bonds is 6. The molecule has 20 heavy (non-hydrogen) atoms. The van der Waals surface area contributed by atoms with E-state index in [1.54, 1.807) is 5.48 Å². The zero-order valence-electron chi connectivity index (χ0n) is 12.2. The molecule has 0 saturated carbocycles. The van der Waals surface area contributed by atoms with Gasteiger partial charge in [-0.3, -0.25) is 19.6 Å². The number of likely N-dealkylation sites (N-methyl/N-ethyl adjacent to an activating group) is 1. The molecule has 3 amide bonds. The van der Waals surface area contributed by atoms with Crippen molar-refractivity contribution in [1.29, 1.82) is 0 Å². The molecule has 0 radical (unpaired) electrons. The van der Waals surface area contributed by atoms with Gasteiger partial charge in [0.2, 0.25) is 17.7 Å². The van der Waals surface area contributed by atoms with Gasteiger partial charge in [0.15, 0.2) is 0 Å². The molecule has 1 atom stereocenters. The normalized spacial score (nSPS) is 22.2. The Bertz CT molecular complexity index is 397. The summed E-state index contributed by atoms with van der Waals surface area (Å²) >= 11 is 0. The standard InChI is InChI=1S/C13H23N3O4/c1-9(2)6-13(7-10(17)15-20)4-5-16(12(13)19)8-11(18)14-3/h9,20H,4-8H2,1-3H3,(H,14,18)(H,15,17). The van der Waals surface area contributed by atoms with E-state index in [0.717, 1.165) is 0 Å². The van der Waals surface area contributed by atoms with E-state index in [1.807, 2.05) is 13.8 Å². The average Bonchev–Trinajstić information content (AvgIpc) is 2.67. The van der Waals surface area contributed by atoms with Gasteiger partial charge >= 0.3 is 0 Å². The maximum Gasteiger partial charge on any atom is 0.244 e. The highest BCUT2D eigenvalue weighted by Gasteiger charge is 2.48. The SMILES string of the molecule is CNC(=O)CN1CCC(CC(=O)NO)(CC(C)C)C1=O. The minimum Gasteiger partial charge on any atom is -0.358 e. The number of likely N-dealkylation sites (tertiary alicyclic amines) is 1. The first-order valence-electron chi connectivity index (χ1n) is 6.77. The average molecular weight is 285 g/mol. The Hall–Kier alpha value is -1.63. The van der Waals surface area contributed by atoms with Crippen LogP contribution in [-0.2, 0) is 14.4 Å². The monoisotopic (exact) mass is 285 g/mol. The number of carbonyl (C=O) groups is 3. The lowest BCUT2D eigenvalue weighted by Gasteiger charge is -2.28. The smallest absolute Gasteiger partial charge is 0.244 e. The first kappa shape index (κ1) is 16.4. The minimum atomic E-state index is -0.811. The summed E-state index contributed by atoms with van der Waals surface area (Å²) in [6.07, 6.45) is 1.03. The highest BCUT2D eigenvalue weighted by Crippen LogP contribution is 2.41. The summed E-state index contributed by atoms with van der Waals surface area (Å²) < 4.78 is 0. The Morgan fingerprint density at radius 3 is 2.55 bits per heavy atom. The summed E-state index contributed by atoms with van der Waals surface area (Å²) in [7, 11) is 1.52. The lowest BCUT2D eigenvalue weighted by atomic mass is 9.76. The predicted octanol–water partition coefficient (Wildman–Crippen LogP) is -0.107. The maximum atomic E-state index is 12.6. The van der Waals surface area contributed by atoms with E-state index in [1.165, 1.54) is 11.9 Å². The molecule has 0 aromatic heterocycles. The van der Waals surface area contributed by atoms with Gasteiger partial charge < -0.3 is 10.2 Å². The molecule has 3 N–H and O–H groups in total. The van der Waals surface area contributed by atoms with E-state index in [2.05, 4.69) is 5.32 Å². The Kier molecular flexibility index (Phi) is 5.50. The van der Waals surface area contributed by atoms with E-state index in [-0.39, 0.29) is 30.7 Å². The van der Waals surface area contributed by atoms with Crippen molar-refractivity contribution in [3.05, 3.63) is 0 Å². The van der Waals surface area contributed by atoms with Crippen LogP contribution in [0.25, 0.3) is 0 Å². The second kappa shape index (κ2) is 6.69. The van der Waals surface area contributed by atoms with Crippen molar-refractivity contribution in [2.75, 3.05) is 20.1 Å². The summed E-state index contributed by atoms with van der Waals surface area (Å²) in [6, 6.07) is 0. The van der Waals surface area contributed by atoms with Crippen molar-refractivity contribution in [2.45, 2.75) is 33.1 Å². The molecule has 1 rings (SSSR count). The van der Waals surface area contributed by atoms with Crippen LogP contribution in [0.15, 0.2) is 0 Å². The molecule has 0 aromatic rings. The predicted molar refractivity (Wildman–Crippen MR) is 71.7 cm³/mol. The van der Waals surface area contributed by atoms with Crippen LogP contribution in [0.5, 0.6) is 0 Å². The Balaban J connectivity index is 2.87. The van der Waals surface area contributed by atoms with Gasteiger partial charge in [0.1, 0.15) is 0 Å². The molecule has 1 aliphatic heterocycles. The van der Waals surface area contributed by atoms with Crippen LogP contribution >= 0.6 is 0 Å². The molecule has 7 nitrogen and oxygen atoms in total. The third-order valence-electron chi connectivity index (χ3n) is 3.64. The van der Waals surface area contributed by atoms with E-state index >= 15 is 0 Å². The fourth-order valence-corrected chi connectivity index (χ4v) is 2.85. The number of hydrogen-bond acceptors (Lipinski definition) is 4. The van der Waals surface area contributed by atoms with Gasteiger partial charge in [0, 0.05) is 20.0 Å². The fourth-order valence-electron chi connectivity index (χ4n) is 2.85. The Morgan fingerprint density at radius 2 is 2.05 bits per heavy atom. The fraction of sp³-hybridized carbons (Fsp3) is 0.769. The van der Waals surface area contributed by atoms with Crippen molar-refractivity contribution in [1.82, 2.24) is 15.7 Å². The first-order valence-corrected chi connectivity index (χ1v) is 6.77. The van der Waals surface area contributed by atoms with E-state index in [9.17, 15) is 14.4 Å². The zero-order valence-corrected chi connectivity index (χ0v) is 12.2. The van der Waals surface area contributed by atoms with E-state index in [4.69, 9.17) is 5.21 Å². The van der Waals surface area contributed by atoms with Gasteiger partial charge in [0.25, 0.3) is 0 Å². The van der Waals surface area contributed by atoms with Crippen molar-refractivity contribution in [3.8, 4) is 0 Å². The number of hydroxylamine groups is 1. The molecule has 1 saturated heterocycles. The third kappa shape index (κ3) is 3.69. The van der Waals surface area contributed by atoms with Crippen molar-refractivity contribution < 1.29 is 19.6 Å². The van der Waals surface area contributed by atoms with Gasteiger partial charge in [-0.15, -0.1) is 0 Å². The van der Waals surface area contributed by atoms with E-state index in [0.29, 0.717) is 19.4 Å². The number of amides is 3. The molecule has 0 spiro atoms. The van der Waals surface area contributed by atoms with Crippen molar-refractivity contribution in [2.24, 2.45) is 11.3 Å². The lowest BCUT2D eigenvalue weighted by molar-refractivity contribution is -0.144. The summed E-state index contributed by atoms with van der Waals surface area (Å²) in [5.74, 6) is -0.741. The van der Waals surface area contributed by atoms with Gasteiger partial charge in [0.05, 0.1) is 12.0 Å². The topological polar surface area (TPSA) is 98.7 Å². The van der Waals surface area contributed by atoms with Crippen LogP contribution in [0.4, 0.5) is 0 Å². The van der Waals surface area contributed by atoms with E-state index < -0.39 is 11.3 Å². The molecule has 1 unspecified atom stereocenters. The number of nitrogens with zero attached hydrogens (tertiary/aromatic N) is 1. The lowest BCUT2D eigenvalue weighted by Crippen LogP contribution is -2.42. The van der Waals surface area contributed by atoms with Crippen LogP contribution in [0.2, 0.25) is 0 Å². The molecule has 1 aliphatic rings. The Morgan fingerprint density at radius 1 is 1.40 bits per heavy atom. The minimum absolute atomic E-state index is 0.00984. The van der Waals surface area contributed by atoms with Crippen LogP contribution in [0.3, 0.4) is 0 Å². The largest absolute Gasteiger partial charge is 0.358 e. The number of nitrogens with one attached hydrogen (secondary N) is 2. The second-order valence-corrected chi connectivity index (χ2v) is 5.74. The molecule has 1 fully saturated rings. The van der Waals surface area contributed by atoms with Crippen molar-refractivity contribution >= 4 is 17.7 Å². The van der Waals surface area contributed by atoms with Crippen LogP contribution in [0, 0.1) is 11.3 Å². The summed E-state index contributed by atoms with van der Waals surface area (Å²) in [5.41, 5.74) is 0.778. The molecular weight excluding hydrogens is 262 g/mol. The van der Waals surface area contributed by atoms with Gasteiger partial charge in [-0.25, -0.2) is 5.48 Å². The maximum absolute atomic E-state index is 12.6. The molecule has 0 aliphatic carbocycles. The summed E-state index contributed by atoms with van der Waals surface area (Å²) in [4.78, 5) is 36.9. The van der Waals surface area contributed by atoms with Gasteiger partial charge in [-0.05, 0) is 18.8 Å². The zero-order chi connectivity index (χ0) is 15.3. The van der Waals surface area contributed by atoms with Crippen molar-refractivity contribution in [3.63, 3.8) is 0 Å². The molecule has 0 aromatic carbocycles. The number of carbonyl (C=O) groups excluding carboxylic acids is 3. The third-order valence-corrected chi connectivity index (χ3v) is 3.64. The molecule has 114 valence electrons. The highest BCUT2D eigenvalue weighted by atomic mass is 16.5. The first-order chi connectivity index (χ1) is 9.34. The summed E-state index contributed by atoms with van der Waals surface area (Å²) in [6.45, 7) is 4.42. The van der Waals surface area contributed by atoms with Gasteiger partial charge in [-0.2, -0.15) is 0 Å². The quantitative estimate of drug-likeness (QED) is 0.468. The summed E-state index contributed by atoms with van der Waals surface area (Å²) in [5, 5.41) is 11.2. The van der Waals surface area contributed by atoms with Crippen LogP contribution in [0.1, 0.15) is 33.1 Å². The second-order valence-electron chi connectivity index (χ2n) is 5.74. The molecule has 0 bridgehead atoms. The number of hydrogen-bond donors (Lipinski definition) is 3.